The van der Waals surface area contributed by atoms with Gasteiger partial charge in [0.05, 0.1) is 7.11 Å². The predicted molar refractivity (Wildman–Crippen MR) is 83.8 cm³/mol. The van der Waals surface area contributed by atoms with Crippen LogP contribution in [0.3, 0.4) is 0 Å². The molecule has 7 heteroatoms. The monoisotopic (exact) mass is 343 g/mol. The van der Waals surface area contributed by atoms with Crippen LogP contribution in [0.2, 0.25) is 5.02 Å². The molecule has 0 bridgehead atoms. The second-order valence-electron chi connectivity index (χ2n) is 4.88. The summed E-state index contributed by atoms with van der Waals surface area (Å²) in [5.74, 6) is 0.560. The third-order valence-corrected chi connectivity index (χ3v) is 6.17. The highest BCUT2D eigenvalue weighted by Crippen LogP contribution is 2.44. The predicted octanol–water partition coefficient (Wildman–Crippen LogP) is 3.24. The first-order valence-corrected chi connectivity index (χ1v) is 9.14. The van der Waals surface area contributed by atoms with Crippen LogP contribution >= 0.6 is 22.9 Å². The number of nitrogens with one attached hydrogen (secondary N) is 1. The van der Waals surface area contributed by atoms with E-state index in [1.807, 2.05) is 17.5 Å². The van der Waals surface area contributed by atoms with Gasteiger partial charge < -0.3 is 4.74 Å². The van der Waals surface area contributed by atoms with Crippen molar-refractivity contribution in [3.8, 4) is 5.75 Å². The Morgan fingerprint density at radius 2 is 2.19 bits per heavy atom. The molecule has 1 aliphatic carbocycles. The molecule has 1 saturated carbocycles. The second kappa shape index (κ2) is 5.61. The molecule has 21 heavy (non-hydrogen) atoms. The summed E-state index contributed by atoms with van der Waals surface area (Å²) in [5, 5.41) is 2.36. The third kappa shape index (κ3) is 3.08. The van der Waals surface area contributed by atoms with Gasteiger partial charge in [-0.15, -0.1) is 11.3 Å². The van der Waals surface area contributed by atoms with Crippen molar-refractivity contribution in [1.29, 1.82) is 0 Å². The lowest BCUT2D eigenvalue weighted by atomic mass is 10.3. The Labute approximate surface area is 132 Å². The fourth-order valence-corrected chi connectivity index (χ4v) is 4.89. The van der Waals surface area contributed by atoms with Gasteiger partial charge in [-0.3, -0.25) is 0 Å². The van der Waals surface area contributed by atoms with Crippen molar-refractivity contribution in [1.82, 2.24) is 4.72 Å². The van der Waals surface area contributed by atoms with E-state index in [-0.39, 0.29) is 16.9 Å². The number of rotatable bonds is 5. The molecule has 112 valence electrons. The molecule has 2 aromatic rings. The first kappa shape index (κ1) is 14.8. The number of thiophene rings is 1. The highest BCUT2D eigenvalue weighted by atomic mass is 35.5. The molecule has 2 atom stereocenters. The molecule has 1 aromatic carbocycles. The van der Waals surface area contributed by atoms with Crippen molar-refractivity contribution in [2.75, 3.05) is 7.11 Å². The van der Waals surface area contributed by atoms with E-state index in [9.17, 15) is 8.42 Å². The summed E-state index contributed by atoms with van der Waals surface area (Å²) >= 11 is 7.54. The van der Waals surface area contributed by atoms with Gasteiger partial charge in [0.15, 0.2) is 0 Å². The summed E-state index contributed by atoms with van der Waals surface area (Å²) in [6.07, 6.45) is 0.822. The molecule has 1 fully saturated rings. The maximum atomic E-state index is 12.5. The van der Waals surface area contributed by atoms with Gasteiger partial charge in [-0.05, 0) is 36.1 Å². The Hall–Kier alpha value is -1.08. The molecular weight excluding hydrogens is 330 g/mol. The molecule has 0 radical (unpaired) electrons. The highest BCUT2D eigenvalue weighted by Gasteiger charge is 2.42. The quantitative estimate of drug-likeness (QED) is 0.906. The van der Waals surface area contributed by atoms with Crippen molar-refractivity contribution in [2.45, 2.75) is 23.3 Å². The van der Waals surface area contributed by atoms with Crippen LogP contribution in [-0.4, -0.2) is 21.6 Å². The Balaban J connectivity index is 1.81. The van der Waals surface area contributed by atoms with E-state index in [4.69, 9.17) is 16.3 Å². The smallest absolute Gasteiger partial charge is 0.244 e. The molecular formula is C14H14ClNO3S2. The number of hydrogen-bond donors (Lipinski definition) is 1. The number of sulfonamides is 1. The zero-order chi connectivity index (χ0) is 15.0. The van der Waals surface area contributed by atoms with E-state index in [1.54, 1.807) is 23.5 Å². The largest absolute Gasteiger partial charge is 0.495 e. The van der Waals surface area contributed by atoms with E-state index in [2.05, 4.69) is 4.72 Å². The molecule has 3 rings (SSSR count). The van der Waals surface area contributed by atoms with E-state index in [1.165, 1.54) is 18.1 Å². The lowest BCUT2D eigenvalue weighted by Crippen LogP contribution is -2.27. The lowest BCUT2D eigenvalue weighted by Gasteiger charge is -2.11. The van der Waals surface area contributed by atoms with Crippen LogP contribution in [0.5, 0.6) is 5.75 Å². The van der Waals surface area contributed by atoms with Crippen LogP contribution in [0.25, 0.3) is 0 Å². The number of hydrogen-bond acceptors (Lipinski definition) is 4. The fraction of sp³-hybridized carbons (Fsp3) is 0.286. The zero-order valence-corrected chi connectivity index (χ0v) is 13.6. The first-order valence-electron chi connectivity index (χ1n) is 6.40. The fourth-order valence-electron chi connectivity index (χ4n) is 2.27. The standard InChI is InChI=1S/C14H14ClNO3S2/c1-19-12-5-4-9(15)7-14(12)21(17,18)16-11-8-10(11)13-3-2-6-20-13/h2-7,10-11,16H,8H2,1H3. The van der Waals surface area contributed by atoms with Gasteiger partial charge in [0, 0.05) is 21.9 Å². The molecule has 2 unspecified atom stereocenters. The number of ether oxygens (including phenoxy) is 1. The van der Waals surface area contributed by atoms with Gasteiger partial charge in [0.25, 0.3) is 0 Å². The average molecular weight is 344 g/mol. The summed E-state index contributed by atoms with van der Waals surface area (Å²) in [6, 6.07) is 8.52. The molecule has 1 aromatic heterocycles. The topological polar surface area (TPSA) is 55.4 Å². The van der Waals surface area contributed by atoms with Crippen molar-refractivity contribution in [3.05, 3.63) is 45.6 Å². The SMILES string of the molecule is COc1ccc(Cl)cc1S(=O)(=O)NC1CC1c1cccs1. The summed E-state index contributed by atoms with van der Waals surface area (Å²) in [7, 11) is -2.20. The molecule has 4 nitrogen and oxygen atoms in total. The minimum Gasteiger partial charge on any atom is -0.495 e. The third-order valence-electron chi connectivity index (χ3n) is 3.42. The van der Waals surface area contributed by atoms with Gasteiger partial charge in [0.1, 0.15) is 10.6 Å². The van der Waals surface area contributed by atoms with Crippen LogP contribution < -0.4 is 9.46 Å². The second-order valence-corrected chi connectivity index (χ2v) is 7.98. The summed E-state index contributed by atoms with van der Waals surface area (Å²) in [5.41, 5.74) is 0. The van der Waals surface area contributed by atoms with E-state index < -0.39 is 10.0 Å². The summed E-state index contributed by atoms with van der Waals surface area (Å²) in [6.45, 7) is 0. The average Bonchev–Trinajstić information content (AvgIpc) is 2.99. The van der Waals surface area contributed by atoms with E-state index in [0.29, 0.717) is 10.8 Å². The number of benzene rings is 1. The Morgan fingerprint density at radius 1 is 1.38 bits per heavy atom. The lowest BCUT2D eigenvalue weighted by molar-refractivity contribution is 0.402. The highest BCUT2D eigenvalue weighted by molar-refractivity contribution is 7.89. The summed E-state index contributed by atoms with van der Waals surface area (Å²) < 4.78 is 32.8. The Bertz CT molecular complexity index is 744. The minimum atomic E-state index is -3.64. The van der Waals surface area contributed by atoms with E-state index in [0.717, 1.165) is 6.42 Å². The van der Waals surface area contributed by atoms with Crippen LogP contribution in [0.4, 0.5) is 0 Å². The molecule has 1 aliphatic rings. The van der Waals surface area contributed by atoms with Crippen molar-refractivity contribution < 1.29 is 13.2 Å². The molecule has 0 saturated heterocycles. The Morgan fingerprint density at radius 3 is 2.86 bits per heavy atom. The van der Waals surface area contributed by atoms with E-state index >= 15 is 0 Å². The molecule has 0 spiro atoms. The van der Waals surface area contributed by atoms with Crippen LogP contribution in [0, 0.1) is 0 Å². The van der Waals surface area contributed by atoms with Crippen LogP contribution in [0.1, 0.15) is 17.2 Å². The van der Waals surface area contributed by atoms with Crippen LogP contribution in [0.15, 0.2) is 40.6 Å². The van der Waals surface area contributed by atoms with Crippen molar-refractivity contribution in [2.24, 2.45) is 0 Å². The zero-order valence-electron chi connectivity index (χ0n) is 11.2. The first-order chi connectivity index (χ1) is 10.0. The number of methoxy groups -OCH3 is 1. The van der Waals surface area contributed by atoms with Gasteiger partial charge in [-0.1, -0.05) is 17.7 Å². The molecule has 0 amide bonds. The minimum absolute atomic E-state index is 0.0580. The van der Waals surface area contributed by atoms with Gasteiger partial charge in [-0.25, -0.2) is 13.1 Å². The molecule has 1 heterocycles. The van der Waals surface area contributed by atoms with Gasteiger partial charge in [0.2, 0.25) is 10.0 Å². The molecule has 0 aliphatic heterocycles. The number of halogens is 1. The Kier molecular flexibility index (Phi) is 3.96. The maximum absolute atomic E-state index is 12.5. The molecule has 1 N–H and O–H groups in total. The van der Waals surface area contributed by atoms with Gasteiger partial charge in [-0.2, -0.15) is 0 Å². The van der Waals surface area contributed by atoms with Crippen molar-refractivity contribution >= 4 is 33.0 Å². The van der Waals surface area contributed by atoms with Crippen molar-refractivity contribution in [3.63, 3.8) is 0 Å². The normalized spacial score (nSPS) is 21.2. The van der Waals surface area contributed by atoms with Crippen LogP contribution in [-0.2, 0) is 10.0 Å². The summed E-state index contributed by atoms with van der Waals surface area (Å²) in [4.78, 5) is 1.29. The maximum Gasteiger partial charge on any atom is 0.244 e. The van der Waals surface area contributed by atoms with Gasteiger partial charge >= 0.3 is 0 Å².